The number of aliphatic hydroxyl groups excluding tert-OH is 1. The van der Waals surface area contributed by atoms with Crippen LogP contribution < -0.4 is 5.32 Å². The van der Waals surface area contributed by atoms with Gasteiger partial charge in [-0.05, 0) is 17.6 Å². The van der Waals surface area contributed by atoms with Crippen molar-refractivity contribution in [3.05, 3.63) is 35.1 Å². The second-order valence-electron chi connectivity index (χ2n) is 2.94. The Morgan fingerprint density at radius 3 is 3.13 bits per heavy atom. The van der Waals surface area contributed by atoms with Gasteiger partial charge in [0.1, 0.15) is 0 Å². The SMILES string of the molecule is OCc1ccncc1NCc1csnn1. The van der Waals surface area contributed by atoms with Crippen molar-refractivity contribution in [1.29, 1.82) is 0 Å². The van der Waals surface area contributed by atoms with Gasteiger partial charge in [-0.25, -0.2) is 0 Å². The highest BCUT2D eigenvalue weighted by Gasteiger charge is 2.01. The highest BCUT2D eigenvalue weighted by Crippen LogP contribution is 2.13. The van der Waals surface area contributed by atoms with Gasteiger partial charge in [0, 0.05) is 17.1 Å². The smallest absolute Gasteiger partial charge is 0.0946 e. The summed E-state index contributed by atoms with van der Waals surface area (Å²) in [6.45, 7) is 0.593. The average molecular weight is 222 g/mol. The van der Waals surface area contributed by atoms with Crippen molar-refractivity contribution in [3.8, 4) is 0 Å². The van der Waals surface area contributed by atoms with Crippen LogP contribution in [0.5, 0.6) is 0 Å². The Hall–Kier alpha value is -1.53. The molecule has 0 spiro atoms. The third kappa shape index (κ3) is 2.48. The highest BCUT2D eigenvalue weighted by atomic mass is 32.1. The number of nitrogens with one attached hydrogen (secondary N) is 1. The summed E-state index contributed by atoms with van der Waals surface area (Å²) in [5.74, 6) is 0. The fourth-order valence-corrected chi connectivity index (χ4v) is 1.62. The zero-order valence-electron chi connectivity index (χ0n) is 7.92. The van der Waals surface area contributed by atoms with E-state index in [2.05, 4.69) is 19.9 Å². The minimum atomic E-state index is 0.000167. The molecule has 0 bridgehead atoms. The first-order valence-corrected chi connectivity index (χ1v) is 5.27. The summed E-state index contributed by atoms with van der Waals surface area (Å²) in [4.78, 5) is 3.99. The zero-order chi connectivity index (χ0) is 10.5. The second kappa shape index (κ2) is 4.81. The molecule has 2 heterocycles. The van der Waals surface area contributed by atoms with E-state index in [4.69, 9.17) is 5.11 Å². The van der Waals surface area contributed by atoms with Crippen LogP contribution in [0, 0.1) is 0 Å². The van der Waals surface area contributed by atoms with E-state index in [1.807, 2.05) is 5.38 Å². The monoisotopic (exact) mass is 222 g/mol. The molecule has 5 nitrogen and oxygen atoms in total. The molecule has 0 aromatic carbocycles. The van der Waals surface area contributed by atoms with Gasteiger partial charge in [0.15, 0.2) is 0 Å². The average Bonchev–Trinajstić information content (AvgIpc) is 2.79. The van der Waals surface area contributed by atoms with E-state index in [0.29, 0.717) is 6.54 Å². The second-order valence-corrected chi connectivity index (χ2v) is 3.55. The summed E-state index contributed by atoms with van der Waals surface area (Å²) in [5, 5.41) is 18.0. The van der Waals surface area contributed by atoms with Gasteiger partial charge in [0.2, 0.25) is 0 Å². The molecule has 78 valence electrons. The summed E-state index contributed by atoms with van der Waals surface area (Å²) in [5.41, 5.74) is 2.54. The van der Waals surface area contributed by atoms with Crippen LogP contribution in [0.4, 0.5) is 5.69 Å². The maximum Gasteiger partial charge on any atom is 0.0946 e. The molecule has 0 aliphatic carbocycles. The minimum Gasteiger partial charge on any atom is -0.392 e. The first kappa shape index (κ1) is 10.0. The first-order chi connectivity index (χ1) is 7.40. The Morgan fingerprint density at radius 1 is 1.47 bits per heavy atom. The molecule has 0 aliphatic heterocycles. The minimum absolute atomic E-state index is 0.000167. The number of anilines is 1. The molecule has 2 aromatic heterocycles. The number of pyridine rings is 1. The molecule has 2 N–H and O–H groups in total. The van der Waals surface area contributed by atoms with Crippen molar-refractivity contribution in [2.75, 3.05) is 5.32 Å². The van der Waals surface area contributed by atoms with E-state index >= 15 is 0 Å². The predicted octanol–water partition coefficient (Wildman–Crippen LogP) is 1.04. The van der Waals surface area contributed by atoms with Gasteiger partial charge in [-0.2, -0.15) is 0 Å². The van der Waals surface area contributed by atoms with Crippen molar-refractivity contribution >= 4 is 17.2 Å². The van der Waals surface area contributed by atoms with Gasteiger partial charge in [-0.15, -0.1) is 5.10 Å². The summed E-state index contributed by atoms with van der Waals surface area (Å²) in [6.07, 6.45) is 3.34. The molecule has 0 radical (unpaired) electrons. The Balaban J connectivity index is 2.04. The van der Waals surface area contributed by atoms with E-state index in [-0.39, 0.29) is 6.61 Å². The molecule has 0 saturated heterocycles. The van der Waals surface area contributed by atoms with E-state index in [1.54, 1.807) is 18.5 Å². The van der Waals surface area contributed by atoms with Crippen molar-refractivity contribution in [2.45, 2.75) is 13.2 Å². The molecule has 0 amide bonds. The van der Waals surface area contributed by atoms with Crippen LogP contribution in [0.25, 0.3) is 0 Å². The normalized spacial score (nSPS) is 10.2. The van der Waals surface area contributed by atoms with Crippen LogP contribution in [0.1, 0.15) is 11.3 Å². The van der Waals surface area contributed by atoms with Crippen LogP contribution >= 0.6 is 11.5 Å². The van der Waals surface area contributed by atoms with Crippen LogP contribution in [0.15, 0.2) is 23.8 Å². The standard InChI is InChI=1S/C9H10N4OS/c14-5-7-1-2-10-4-9(7)11-3-8-6-15-13-12-8/h1-2,4,6,11,14H,3,5H2. The molecule has 0 atom stereocenters. The lowest BCUT2D eigenvalue weighted by Crippen LogP contribution is -2.03. The molecule has 2 rings (SSSR count). The summed E-state index contributed by atoms with van der Waals surface area (Å²) < 4.78 is 3.76. The summed E-state index contributed by atoms with van der Waals surface area (Å²) >= 11 is 1.32. The van der Waals surface area contributed by atoms with Gasteiger partial charge < -0.3 is 10.4 Å². The van der Waals surface area contributed by atoms with Gasteiger partial charge in [0.25, 0.3) is 0 Å². The molecule has 15 heavy (non-hydrogen) atoms. The summed E-state index contributed by atoms with van der Waals surface area (Å²) in [6, 6.07) is 1.78. The third-order valence-electron chi connectivity index (χ3n) is 1.95. The maximum atomic E-state index is 9.08. The Morgan fingerprint density at radius 2 is 2.40 bits per heavy atom. The maximum absolute atomic E-state index is 9.08. The van der Waals surface area contributed by atoms with Crippen LogP contribution in [-0.2, 0) is 13.2 Å². The number of rotatable bonds is 4. The molecule has 0 saturated carbocycles. The quantitative estimate of drug-likeness (QED) is 0.808. The lowest BCUT2D eigenvalue weighted by atomic mass is 10.2. The van der Waals surface area contributed by atoms with Crippen LogP contribution in [-0.4, -0.2) is 19.7 Å². The Labute approximate surface area is 91.0 Å². The number of aromatic nitrogens is 3. The van der Waals surface area contributed by atoms with Crippen molar-refractivity contribution in [1.82, 2.24) is 14.6 Å². The van der Waals surface area contributed by atoms with Gasteiger partial charge in [-0.3, -0.25) is 4.98 Å². The molecule has 0 fully saturated rings. The van der Waals surface area contributed by atoms with Crippen LogP contribution in [0.2, 0.25) is 0 Å². The fourth-order valence-electron chi connectivity index (χ4n) is 1.17. The lowest BCUT2D eigenvalue weighted by molar-refractivity contribution is 0.282. The number of aliphatic hydroxyl groups is 1. The largest absolute Gasteiger partial charge is 0.392 e. The topological polar surface area (TPSA) is 70.9 Å². The van der Waals surface area contributed by atoms with E-state index in [9.17, 15) is 0 Å². The molecule has 6 heteroatoms. The molecule has 2 aromatic rings. The van der Waals surface area contributed by atoms with Gasteiger partial charge >= 0.3 is 0 Å². The Bertz CT molecular complexity index is 418. The van der Waals surface area contributed by atoms with Crippen molar-refractivity contribution < 1.29 is 5.11 Å². The van der Waals surface area contributed by atoms with Gasteiger partial charge in [-0.1, -0.05) is 4.49 Å². The van der Waals surface area contributed by atoms with Crippen LogP contribution in [0.3, 0.4) is 0 Å². The lowest BCUT2D eigenvalue weighted by Gasteiger charge is -2.07. The predicted molar refractivity (Wildman–Crippen MR) is 57.4 cm³/mol. The third-order valence-corrected chi connectivity index (χ3v) is 2.50. The van der Waals surface area contributed by atoms with E-state index in [0.717, 1.165) is 16.9 Å². The molecular formula is C9H10N4OS. The highest BCUT2D eigenvalue weighted by molar-refractivity contribution is 7.03. The van der Waals surface area contributed by atoms with Crippen molar-refractivity contribution in [3.63, 3.8) is 0 Å². The molecule has 0 aliphatic rings. The number of nitrogens with zero attached hydrogens (tertiary/aromatic N) is 3. The van der Waals surface area contributed by atoms with E-state index in [1.165, 1.54) is 11.5 Å². The first-order valence-electron chi connectivity index (χ1n) is 4.43. The molecular weight excluding hydrogens is 212 g/mol. The number of hydrogen-bond donors (Lipinski definition) is 2. The summed E-state index contributed by atoms with van der Waals surface area (Å²) in [7, 11) is 0. The number of hydrogen-bond acceptors (Lipinski definition) is 6. The zero-order valence-corrected chi connectivity index (χ0v) is 8.74. The molecule has 0 unspecified atom stereocenters. The fraction of sp³-hybridized carbons (Fsp3) is 0.222. The van der Waals surface area contributed by atoms with Gasteiger partial charge in [0.05, 0.1) is 30.7 Å². The Kier molecular flexibility index (Phi) is 3.21. The van der Waals surface area contributed by atoms with E-state index < -0.39 is 0 Å². The van der Waals surface area contributed by atoms with Crippen molar-refractivity contribution in [2.24, 2.45) is 0 Å².